The van der Waals surface area contributed by atoms with E-state index in [0.29, 0.717) is 29.5 Å². The van der Waals surface area contributed by atoms with E-state index in [4.69, 9.17) is 9.47 Å². The van der Waals surface area contributed by atoms with Gasteiger partial charge in [0.25, 0.3) is 0 Å². The number of amides is 1. The molecule has 8 nitrogen and oxygen atoms in total. The van der Waals surface area contributed by atoms with Gasteiger partial charge in [-0.15, -0.1) is 11.3 Å². The molecule has 4 rings (SSSR count). The van der Waals surface area contributed by atoms with Gasteiger partial charge in [0.15, 0.2) is 10.8 Å². The number of nitrogens with one attached hydrogen (secondary N) is 1. The Balaban J connectivity index is 1.45. The fourth-order valence-corrected chi connectivity index (χ4v) is 4.42. The number of hydrogen-bond acceptors (Lipinski definition) is 7. The van der Waals surface area contributed by atoms with Gasteiger partial charge in [0, 0.05) is 40.9 Å². The average Bonchev–Trinajstić information content (AvgIpc) is 3.39. The summed E-state index contributed by atoms with van der Waals surface area (Å²) in [6.45, 7) is 5.93. The third-order valence-corrected chi connectivity index (χ3v) is 6.08. The van der Waals surface area contributed by atoms with E-state index in [1.54, 1.807) is 14.2 Å². The number of methoxy groups -OCH3 is 2. The Morgan fingerprint density at radius 1 is 1.12 bits per heavy atom. The van der Waals surface area contributed by atoms with Crippen LogP contribution in [0, 0.1) is 20.8 Å². The van der Waals surface area contributed by atoms with Crippen LogP contribution < -0.4 is 14.8 Å². The second-order valence-corrected chi connectivity index (χ2v) is 8.33. The number of ether oxygens (including phenoxy) is 2. The molecule has 0 fully saturated rings. The van der Waals surface area contributed by atoms with Crippen molar-refractivity contribution in [2.24, 2.45) is 0 Å². The molecule has 0 aliphatic heterocycles. The lowest BCUT2D eigenvalue weighted by Crippen LogP contribution is -2.14. The van der Waals surface area contributed by atoms with E-state index in [2.05, 4.69) is 20.4 Å². The summed E-state index contributed by atoms with van der Waals surface area (Å²) in [7, 11) is 3.21. The number of thiazole rings is 1. The van der Waals surface area contributed by atoms with Crippen LogP contribution in [0.2, 0.25) is 0 Å². The largest absolute Gasteiger partial charge is 0.497 e. The van der Waals surface area contributed by atoms with E-state index in [1.165, 1.54) is 11.3 Å². The monoisotopic (exact) mass is 451 g/mol. The topological polar surface area (TPSA) is 90.6 Å². The lowest BCUT2D eigenvalue weighted by Gasteiger charge is -2.10. The number of hydrogen-bond donors (Lipinski definition) is 1. The molecule has 0 unspecified atom stereocenters. The fraction of sp³-hybridized carbons (Fsp3) is 0.304. The first-order valence-electron chi connectivity index (χ1n) is 10.2. The maximum Gasteiger partial charge on any atom is 0.226 e. The van der Waals surface area contributed by atoms with Crippen molar-refractivity contribution in [1.29, 1.82) is 0 Å². The van der Waals surface area contributed by atoms with Gasteiger partial charge in [0.05, 0.1) is 25.6 Å². The number of carbonyl (C=O) groups is 1. The Labute approximate surface area is 190 Å². The van der Waals surface area contributed by atoms with Crippen LogP contribution in [0.4, 0.5) is 5.13 Å². The molecule has 0 atom stereocenters. The second kappa shape index (κ2) is 8.96. The molecule has 0 bridgehead atoms. The number of fused-ring (bicyclic) bond motifs is 1. The number of anilines is 1. The van der Waals surface area contributed by atoms with E-state index in [9.17, 15) is 4.79 Å². The van der Waals surface area contributed by atoms with Crippen molar-refractivity contribution >= 4 is 28.0 Å². The number of rotatable bonds is 7. The minimum Gasteiger partial charge on any atom is -0.497 e. The lowest BCUT2D eigenvalue weighted by atomic mass is 10.1. The zero-order valence-electron chi connectivity index (χ0n) is 18.7. The highest BCUT2D eigenvalue weighted by Crippen LogP contribution is 2.34. The molecule has 9 heteroatoms. The first-order chi connectivity index (χ1) is 15.4. The van der Waals surface area contributed by atoms with Crippen LogP contribution in [0.1, 0.15) is 29.1 Å². The lowest BCUT2D eigenvalue weighted by molar-refractivity contribution is -0.116. The zero-order valence-corrected chi connectivity index (χ0v) is 19.5. The number of carbonyl (C=O) groups excluding carboxylic acids is 1. The summed E-state index contributed by atoms with van der Waals surface area (Å²) in [5.41, 5.74) is 6.30. The Morgan fingerprint density at radius 2 is 1.94 bits per heavy atom. The Morgan fingerprint density at radius 3 is 2.69 bits per heavy atom. The Kier molecular flexibility index (Phi) is 6.09. The molecule has 1 N–H and O–H groups in total. The summed E-state index contributed by atoms with van der Waals surface area (Å²) in [6.07, 6.45) is 0.909. The molecule has 1 aromatic carbocycles. The Hall–Kier alpha value is -3.46. The van der Waals surface area contributed by atoms with Crippen LogP contribution in [0.3, 0.4) is 0 Å². The van der Waals surface area contributed by atoms with Crippen LogP contribution in [0.15, 0.2) is 29.6 Å². The van der Waals surface area contributed by atoms with Crippen LogP contribution >= 0.6 is 11.3 Å². The average molecular weight is 452 g/mol. The smallest absolute Gasteiger partial charge is 0.226 e. The quantitative estimate of drug-likeness (QED) is 0.449. The van der Waals surface area contributed by atoms with Crippen molar-refractivity contribution in [3.05, 3.63) is 52.3 Å². The number of nitrogens with zero attached hydrogens (tertiary/aromatic N) is 4. The molecule has 0 saturated heterocycles. The van der Waals surface area contributed by atoms with Crippen molar-refractivity contribution in [3.8, 4) is 22.8 Å². The van der Waals surface area contributed by atoms with Crippen LogP contribution in [0.5, 0.6) is 11.5 Å². The summed E-state index contributed by atoms with van der Waals surface area (Å²) in [6, 6.07) is 7.51. The summed E-state index contributed by atoms with van der Waals surface area (Å²) in [4.78, 5) is 21.8. The summed E-state index contributed by atoms with van der Waals surface area (Å²) >= 11 is 1.38. The van der Waals surface area contributed by atoms with Gasteiger partial charge < -0.3 is 14.8 Å². The molecular formula is C23H25N5O3S. The van der Waals surface area contributed by atoms with Gasteiger partial charge in [-0.3, -0.25) is 4.79 Å². The third-order valence-electron chi connectivity index (χ3n) is 5.32. The van der Waals surface area contributed by atoms with Crippen molar-refractivity contribution < 1.29 is 14.3 Å². The van der Waals surface area contributed by atoms with Gasteiger partial charge >= 0.3 is 0 Å². The molecule has 0 spiro atoms. The molecule has 0 aliphatic rings. The van der Waals surface area contributed by atoms with E-state index in [-0.39, 0.29) is 5.91 Å². The molecule has 0 aliphatic carbocycles. The molecule has 4 aromatic rings. The summed E-state index contributed by atoms with van der Waals surface area (Å²) in [5.74, 6) is 1.27. The van der Waals surface area contributed by atoms with Crippen LogP contribution in [0.25, 0.3) is 16.9 Å². The van der Waals surface area contributed by atoms with E-state index in [0.717, 1.165) is 39.5 Å². The molecule has 32 heavy (non-hydrogen) atoms. The van der Waals surface area contributed by atoms with Gasteiger partial charge in [-0.25, -0.2) is 14.5 Å². The van der Waals surface area contributed by atoms with Crippen molar-refractivity contribution in [3.63, 3.8) is 0 Å². The molecule has 166 valence electrons. The van der Waals surface area contributed by atoms with E-state index >= 15 is 0 Å². The normalized spacial score (nSPS) is 11.0. The number of aryl methyl sites for hydroxylation is 3. The highest BCUT2D eigenvalue weighted by Gasteiger charge is 2.15. The van der Waals surface area contributed by atoms with Crippen LogP contribution in [-0.2, 0) is 11.2 Å². The zero-order chi connectivity index (χ0) is 22.8. The summed E-state index contributed by atoms with van der Waals surface area (Å²) < 4.78 is 12.5. The maximum atomic E-state index is 12.6. The molecule has 3 heterocycles. The standard InChI is InChI=1S/C23H25N5O3S/c1-13-10-21-24-14(2)17(15(3)28(21)27-13)8-9-22(29)26-23-25-19(12-32-23)18-7-6-16(30-4)11-20(18)31-5/h6-7,10-12H,8-9H2,1-5H3,(H,25,26,29). The second-order valence-electron chi connectivity index (χ2n) is 7.47. The predicted molar refractivity (Wildman–Crippen MR) is 125 cm³/mol. The van der Waals surface area contributed by atoms with Gasteiger partial charge in [0.2, 0.25) is 5.91 Å². The minimum absolute atomic E-state index is 0.0943. The van der Waals surface area contributed by atoms with Gasteiger partial charge in [-0.1, -0.05) is 0 Å². The van der Waals surface area contributed by atoms with Crippen molar-refractivity contribution in [1.82, 2.24) is 19.6 Å². The maximum absolute atomic E-state index is 12.6. The Bertz CT molecular complexity index is 1290. The first kappa shape index (κ1) is 21.8. The highest BCUT2D eigenvalue weighted by atomic mass is 32.1. The molecule has 0 radical (unpaired) electrons. The highest BCUT2D eigenvalue weighted by molar-refractivity contribution is 7.14. The van der Waals surface area contributed by atoms with Crippen molar-refractivity contribution in [2.45, 2.75) is 33.6 Å². The van der Waals surface area contributed by atoms with E-state index < -0.39 is 0 Å². The van der Waals surface area contributed by atoms with Gasteiger partial charge in [0.1, 0.15) is 11.5 Å². The van der Waals surface area contributed by atoms with Gasteiger partial charge in [-0.05, 0) is 44.9 Å². The number of aromatic nitrogens is 4. The molecule has 3 aromatic heterocycles. The first-order valence-corrected chi connectivity index (χ1v) is 11.1. The van der Waals surface area contributed by atoms with Gasteiger partial charge in [-0.2, -0.15) is 5.10 Å². The predicted octanol–water partition coefficient (Wildman–Crippen LogP) is 4.37. The molecule has 0 saturated carbocycles. The summed E-state index contributed by atoms with van der Waals surface area (Å²) in [5, 5.41) is 9.84. The SMILES string of the molecule is COc1ccc(-c2csc(NC(=O)CCc3c(C)nc4cc(C)nn4c3C)n2)c(OC)c1. The fourth-order valence-electron chi connectivity index (χ4n) is 3.69. The van der Waals surface area contributed by atoms with Crippen molar-refractivity contribution in [2.75, 3.05) is 19.5 Å². The minimum atomic E-state index is -0.0943. The third kappa shape index (κ3) is 4.29. The number of benzene rings is 1. The van der Waals surface area contributed by atoms with E-state index in [1.807, 2.05) is 54.9 Å². The van der Waals surface area contributed by atoms with Crippen LogP contribution in [-0.4, -0.2) is 39.7 Å². The molecule has 1 amide bonds. The molecular weight excluding hydrogens is 426 g/mol.